The maximum Gasteiger partial charge on any atom is 0.197 e. The third-order valence-electron chi connectivity index (χ3n) is 3.43. The molecule has 19 heavy (non-hydrogen) atoms. The molecule has 4 heteroatoms. The molecule has 3 nitrogen and oxygen atoms in total. The van der Waals surface area contributed by atoms with Gasteiger partial charge in [-0.05, 0) is 44.4 Å². The van der Waals surface area contributed by atoms with Crippen molar-refractivity contribution in [3.63, 3.8) is 0 Å². The van der Waals surface area contributed by atoms with E-state index in [1.165, 1.54) is 6.07 Å². The molecule has 0 unspecified atom stereocenters. The van der Waals surface area contributed by atoms with Crippen molar-refractivity contribution in [1.29, 1.82) is 0 Å². The Bertz CT molecular complexity index is 417. The number of nitrogens with two attached hydrogens (primary N) is 1. The SMILES string of the molecule is CCOc1cc(C(N)(CC)CC)cc(F)c1OCC. The zero-order chi connectivity index (χ0) is 14.5. The molecule has 1 rings (SSSR count). The number of hydrogen-bond donors (Lipinski definition) is 1. The molecule has 0 atom stereocenters. The Morgan fingerprint density at radius 2 is 1.63 bits per heavy atom. The molecule has 0 aromatic heterocycles. The van der Waals surface area contributed by atoms with Gasteiger partial charge in [0, 0.05) is 5.54 Å². The summed E-state index contributed by atoms with van der Waals surface area (Å²) in [4.78, 5) is 0. The molecule has 0 spiro atoms. The standard InChI is InChI=1S/C15H24FNO2/c1-5-15(17,6-2)11-9-12(16)14(19-8-4)13(10-11)18-7-3/h9-10H,5-8,17H2,1-4H3. The predicted octanol–water partition coefficient (Wildman–Crippen LogP) is 3.60. The van der Waals surface area contributed by atoms with Gasteiger partial charge in [-0.1, -0.05) is 13.8 Å². The van der Waals surface area contributed by atoms with Gasteiger partial charge in [-0.25, -0.2) is 4.39 Å². The van der Waals surface area contributed by atoms with Gasteiger partial charge < -0.3 is 15.2 Å². The van der Waals surface area contributed by atoms with Crippen molar-refractivity contribution >= 4 is 0 Å². The van der Waals surface area contributed by atoms with Gasteiger partial charge in [0.25, 0.3) is 0 Å². The third-order valence-corrected chi connectivity index (χ3v) is 3.43. The van der Waals surface area contributed by atoms with Crippen LogP contribution in [0.4, 0.5) is 4.39 Å². The minimum atomic E-state index is -0.530. The van der Waals surface area contributed by atoms with E-state index in [9.17, 15) is 4.39 Å². The Morgan fingerprint density at radius 3 is 2.11 bits per heavy atom. The maximum absolute atomic E-state index is 14.2. The average molecular weight is 269 g/mol. The van der Waals surface area contributed by atoms with Crippen LogP contribution in [0.3, 0.4) is 0 Å². The van der Waals surface area contributed by atoms with Gasteiger partial charge in [0.05, 0.1) is 13.2 Å². The maximum atomic E-state index is 14.2. The molecule has 0 aliphatic carbocycles. The van der Waals surface area contributed by atoms with Crippen LogP contribution in [0.5, 0.6) is 11.5 Å². The van der Waals surface area contributed by atoms with Crippen LogP contribution < -0.4 is 15.2 Å². The normalized spacial score (nSPS) is 11.5. The summed E-state index contributed by atoms with van der Waals surface area (Å²) in [5.41, 5.74) is 6.53. The highest BCUT2D eigenvalue weighted by atomic mass is 19.1. The minimum absolute atomic E-state index is 0.169. The molecule has 0 saturated carbocycles. The van der Waals surface area contributed by atoms with Crippen molar-refractivity contribution in [3.8, 4) is 11.5 Å². The molecule has 0 bridgehead atoms. The average Bonchev–Trinajstić information content (AvgIpc) is 2.41. The monoisotopic (exact) mass is 269 g/mol. The van der Waals surface area contributed by atoms with Crippen molar-refractivity contribution in [3.05, 3.63) is 23.5 Å². The summed E-state index contributed by atoms with van der Waals surface area (Å²) in [6.45, 7) is 8.52. The molecular weight excluding hydrogens is 245 g/mol. The minimum Gasteiger partial charge on any atom is -0.490 e. The first-order valence-electron chi connectivity index (χ1n) is 6.90. The highest BCUT2D eigenvalue weighted by Gasteiger charge is 2.26. The summed E-state index contributed by atoms with van der Waals surface area (Å²) in [5.74, 6) is 0.179. The van der Waals surface area contributed by atoms with Crippen LogP contribution in [-0.2, 0) is 5.54 Å². The van der Waals surface area contributed by atoms with Gasteiger partial charge in [0.15, 0.2) is 17.3 Å². The second-order valence-electron chi connectivity index (χ2n) is 4.51. The number of benzene rings is 1. The summed E-state index contributed by atoms with van der Waals surface area (Å²) in [5, 5.41) is 0. The number of hydrogen-bond acceptors (Lipinski definition) is 3. The molecule has 0 heterocycles. The van der Waals surface area contributed by atoms with Gasteiger partial charge in [0.1, 0.15) is 0 Å². The zero-order valence-electron chi connectivity index (χ0n) is 12.3. The zero-order valence-corrected chi connectivity index (χ0v) is 12.3. The molecule has 2 N–H and O–H groups in total. The van der Waals surface area contributed by atoms with Gasteiger partial charge in [-0.3, -0.25) is 0 Å². The quantitative estimate of drug-likeness (QED) is 0.822. The predicted molar refractivity (Wildman–Crippen MR) is 75.2 cm³/mol. The lowest BCUT2D eigenvalue weighted by molar-refractivity contribution is 0.273. The molecule has 108 valence electrons. The van der Waals surface area contributed by atoms with Crippen LogP contribution in [0.25, 0.3) is 0 Å². The van der Waals surface area contributed by atoms with Crippen LogP contribution >= 0.6 is 0 Å². The molecule has 1 aromatic carbocycles. The summed E-state index contributed by atoms with van der Waals surface area (Å²) >= 11 is 0. The Balaban J connectivity index is 3.30. The van der Waals surface area contributed by atoms with E-state index >= 15 is 0 Å². The van der Waals surface area contributed by atoms with Gasteiger partial charge >= 0.3 is 0 Å². The fourth-order valence-electron chi connectivity index (χ4n) is 2.06. The lowest BCUT2D eigenvalue weighted by Crippen LogP contribution is -2.35. The summed E-state index contributed by atoms with van der Waals surface area (Å²) < 4.78 is 25.0. The first kappa shape index (κ1) is 15.8. The lowest BCUT2D eigenvalue weighted by atomic mass is 9.85. The van der Waals surface area contributed by atoms with Gasteiger partial charge in [-0.2, -0.15) is 0 Å². The van der Waals surface area contributed by atoms with E-state index in [1.807, 2.05) is 27.7 Å². The van der Waals surface area contributed by atoms with E-state index in [0.29, 0.717) is 19.0 Å². The number of halogens is 1. The van der Waals surface area contributed by atoms with Crippen LogP contribution in [0, 0.1) is 5.82 Å². The molecule has 0 amide bonds. The Kier molecular flexibility index (Phi) is 5.60. The van der Waals surface area contributed by atoms with Crippen molar-refractivity contribution in [1.82, 2.24) is 0 Å². The fourth-order valence-corrected chi connectivity index (χ4v) is 2.06. The molecular formula is C15H24FNO2. The third kappa shape index (κ3) is 3.38. The Morgan fingerprint density at radius 1 is 1.05 bits per heavy atom. The second-order valence-corrected chi connectivity index (χ2v) is 4.51. The Labute approximate surface area is 114 Å². The van der Waals surface area contributed by atoms with E-state index in [-0.39, 0.29) is 5.75 Å². The molecule has 0 aliphatic heterocycles. The number of ether oxygens (including phenoxy) is 2. The molecule has 0 radical (unpaired) electrons. The molecule has 0 saturated heterocycles. The van der Waals surface area contributed by atoms with Crippen LogP contribution in [0.1, 0.15) is 46.1 Å². The van der Waals surface area contributed by atoms with Crippen molar-refractivity contribution in [2.75, 3.05) is 13.2 Å². The highest BCUT2D eigenvalue weighted by molar-refractivity contribution is 5.46. The second kappa shape index (κ2) is 6.75. The largest absolute Gasteiger partial charge is 0.490 e. The van der Waals surface area contributed by atoms with Crippen LogP contribution in [0.2, 0.25) is 0 Å². The van der Waals surface area contributed by atoms with Gasteiger partial charge in [-0.15, -0.1) is 0 Å². The number of rotatable bonds is 7. The summed E-state index contributed by atoms with van der Waals surface area (Å²) in [6.07, 6.45) is 1.48. The van der Waals surface area contributed by atoms with Gasteiger partial charge in [0.2, 0.25) is 0 Å². The van der Waals surface area contributed by atoms with E-state index in [4.69, 9.17) is 15.2 Å². The Hall–Kier alpha value is -1.29. The fraction of sp³-hybridized carbons (Fsp3) is 0.600. The van der Waals surface area contributed by atoms with Crippen molar-refractivity contribution in [2.45, 2.75) is 46.1 Å². The van der Waals surface area contributed by atoms with E-state index < -0.39 is 11.4 Å². The molecule has 0 fully saturated rings. The van der Waals surface area contributed by atoms with Crippen LogP contribution in [-0.4, -0.2) is 13.2 Å². The first-order valence-corrected chi connectivity index (χ1v) is 6.90. The smallest absolute Gasteiger partial charge is 0.197 e. The molecule has 1 aromatic rings. The highest BCUT2D eigenvalue weighted by Crippen LogP contribution is 2.37. The topological polar surface area (TPSA) is 44.5 Å². The first-order chi connectivity index (χ1) is 9.02. The van der Waals surface area contributed by atoms with E-state index in [1.54, 1.807) is 6.07 Å². The van der Waals surface area contributed by atoms with Crippen molar-refractivity contribution < 1.29 is 13.9 Å². The summed E-state index contributed by atoms with van der Waals surface area (Å²) in [6, 6.07) is 3.26. The van der Waals surface area contributed by atoms with E-state index in [2.05, 4.69) is 0 Å². The molecule has 0 aliphatic rings. The van der Waals surface area contributed by atoms with Crippen molar-refractivity contribution in [2.24, 2.45) is 5.73 Å². The van der Waals surface area contributed by atoms with E-state index in [0.717, 1.165) is 18.4 Å². The lowest BCUT2D eigenvalue weighted by Gasteiger charge is -2.28. The van der Waals surface area contributed by atoms with Crippen LogP contribution in [0.15, 0.2) is 12.1 Å². The summed E-state index contributed by atoms with van der Waals surface area (Å²) in [7, 11) is 0.